The highest BCUT2D eigenvalue weighted by atomic mass is 32.2. The zero-order chi connectivity index (χ0) is 17.0. The normalized spacial score (nSPS) is 15.2. The van der Waals surface area contributed by atoms with Gasteiger partial charge in [0.1, 0.15) is 5.60 Å². The molecule has 1 aromatic rings. The number of carboxylic acid groups (broad SMARTS) is 1. The van der Waals surface area contributed by atoms with Gasteiger partial charge in [-0.3, -0.25) is 5.32 Å². The molecule has 0 unspecified atom stereocenters. The summed E-state index contributed by atoms with van der Waals surface area (Å²) in [5.41, 5.74) is 0.801. The maximum absolute atomic E-state index is 12.0. The Labute approximate surface area is 140 Å². The quantitative estimate of drug-likeness (QED) is 0.880. The third kappa shape index (κ3) is 5.06. The summed E-state index contributed by atoms with van der Waals surface area (Å²) in [5.74, 6) is 0.983. The highest BCUT2D eigenvalue weighted by Gasteiger charge is 2.21. The number of carboxylic acids is 1. The molecule has 0 radical (unpaired) electrons. The third-order valence-corrected chi connectivity index (χ3v) is 4.17. The summed E-state index contributed by atoms with van der Waals surface area (Å²) in [6.07, 6.45) is -0.590. The van der Waals surface area contributed by atoms with Crippen molar-refractivity contribution >= 4 is 35.2 Å². The van der Waals surface area contributed by atoms with E-state index in [1.54, 1.807) is 32.9 Å². The van der Waals surface area contributed by atoms with Crippen molar-refractivity contribution in [1.29, 1.82) is 0 Å². The molecule has 7 heteroatoms. The van der Waals surface area contributed by atoms with Crippen LogP contribution >= 0.6 is 11.8 Å². The highest BCUT2D eigenvalue weighted by molar-refractivity contribution is 7.99. The number of amides is 1. The van der Waals surface area contributed by atoms with E-state index in [2.05, 4.69) is 10.2 Å². The molecule has 0 aromatic heterocycles. The first-order chi connectivity index (χ1) is 10.8. The fraction of sp³-hybridized carbons (Fsp3) is 0.500. The lowest BCUT2D eigenvalue weighted by Gasteiger charge is -2.30. The van der Waals surface area contributed by atoms with Crippen LogP contribution in [0, 0.1) is 0 Å². The van der Waals surface area contributed by atoms with Crippen molar-refractivity contribution in [2.45, 2.75) is 26.4 Å². The lowest BCUT2D eigenvalue weighted by molar-refractivity contribution is 0.0633. The topological polar surface area (TPSA) is 78.9 Å². The Kier molecular flexibility index (Phi) is 5.41. The summed E-state index contributed by atoms with van der Waals surface area (Å²) in [4.78, 5) is 25.4. The number of rotatable bonds is 3. The number of hydrogen-bond acceptors (Lipinski definition) is 5. The molecular weight excluding hydrogens is 316 g/mol. The van der Waals surface area contributed by atoms with E-state index in [0.717, 1.165) is 30.3 Å². The molecule has 1 heterocycles. The summed E-state index contributed by atoms with van der Waals surface area (Å²) in [6, 6.07) is 4.77. The highest BCUT2D eigenvalue weighted by Crippen LogP contribution is 2.30. The number of anilines is 2. The molecule has 1 saturated heterocycles. The van der Waals surface area contributed by atoms with Crippen LogP contribution in [0.5, 0.6) is 0 Å². The average molecular weight is 338 g/mol. The van der Waals surface area contributed by atoms with E-state index in [1.165, 1.54) is 6.07 Å². The van der Waals surface area contributed by atoms with Crippen molar-refractivity contribution < 1.29 is 19.4 Å². The van der Waals surface area contributed by atoms with Gasteiger partial charge in [-0.1, -0.05) is 0 Å². The van der Waals surface area contributed by atoms with Gasteiger partial charge in [0.25, 0.3) is 0 Å². The Morgan fingerprint density at radius 3 is 2.48 bits per heavy atom. The fourth-order valence-corrected chi connectivity index (χ4v) is 3.17. The number of carbonyl (C=O) groups is 2. The van der Waals surface area contributed by atoms with Crippen LogP contribution in [0.2, 0.25) is 0 Å². The lowest BCUT2D eigenvalue weighted by Crippen LogP contribution is -2.34. The van der Waals surface area contributed by atoms with Crippen LogP contribution in [-0.4, -0.2) is 47.4 Å². The summed E-state index contributed by atoms with van der Waals surface area (Å²) < 4.78 is 5.26. The van der Waals surface area contributed by atoms with Gasteiger partial charge in [-0.25, -0.2) is 9.59 Å². The number of ether oxygens (including phenoxy) is 1. The van der Waals surface area contributed by atoms with E-state index >= 15 is 0 Å². The van der Waals surface area contributed by atoms with Crippen LogP contribution in [0.3, 0.4) is 0 Å². The molecule has 0 aliphatic carbocycles. The molecule has 0 atom stereocenters. The number of nitrogens with one attached hydrogen (secondary N) is 1. The Morgan fingerprint density at radius 2 is 1.91 bits per heavy atom. The van der Waals surface area contributed by atoms with Gasteiger partial charge >= 0.3 is 12.1 Å². The maximum atomic E-state index is 12.0. The number of thioether (sulfide) groups is 1. The van der Waals surface area contributed by atoms with Crippen LogP contribution in [0.25, 0.3) is 0 Å². The van der Waals surface area contributed by atoms with Crippen LogP contribution in [0.4, 0.5) is 16.2 Å². The van der Waals surface area contributed by atoms with Crippen LogP contribution in [0.15, 0.2) is 18.2 Å². The Hall–Kier alpha value is -1.89. The van der Waals surface area contributed by atoms with Crippen molar-refractivity contribution in [2.24, 2.45) is 0 Å². The molecule has 2 rings (SSSR count). The summed E-state index contributed by atoms with van der Waals surface area (Å²) in [5, 5.41) is 11.9. The van der Waals surface area contributed by atoms with Crippen molar-refractivity contribution in [2.75, 3.05) is 34.8 Å². The van der Waals surface area contributed by atoms with Crippen molar-refractivity contribution in [1.82, 2.24) is 0 Å². The molecule has 1 aliphatic rings. The van der Waals surface area contributed by atoms with Crippen LogP contribution in [0.1, 0.15) is 31.1 Å². The third-order valence-electron chi connectivity index (χ3n) is 3.23. The predicted octanol–water partition coefficient (Wildman–Crippen LogP) is 3.29. The van der Waals surface area contributed by atoms with E-state index in [-0.39, 0.29) is 5.56 Å². The molecule has 126 valence electrons. The van der Waals surface area contributed by atoms with Gasteiger partial charge in [-0.2, -0.15) is 11.8 Å². The van der Waals surface area contributed by atoms with Crippen molar-refractivity contribution in [3.8, 4) is 0 Å². The summed E-state index contributed by atoms with van der Waals surface area (Å²) in [6.45, 7) is 7.06. The minimum atomic E-state index is -1.03. The van der Waals surface area contributed by atoms with E-state index in [4.69, 9.17) is 4.74 Å². The number of benzene rings is 1. The molecule has 1 aromatic carbocycles. The standard InChI is InChI=1S/C16H22N2O4S/c1-16(2,3)22-15(21)17-12-10-11(14(19)20)4-5-13(12)18-6-8-23-9-7-18/h4-5,10H,6-9H2,1-3H3,(H,17,21)(H,19,20). The second-order valence-electron chi connectivity index (χ2n) is 6.26. The number of aromatic carboxylic acids is 1. The lowest BCUT2D eigenvalue weighted by atomic mass is 10.1. The minimum absolute atomic E-state index is 0.131. The minimum Gasteiger partial charge on any atom is -0.478 e. The average Bonchev–Trinajstić information content (AvgIpc) is 2.46. The van der Waals surface area contributed by atoms with Gasteiger partial charge in [0.2, 0.25) is 0 Å². The monoisotopic (exact) mass is 338 g/mol. The molecular formula is C16H22N2O4S. The second kappa shape index (κ2) is 7.12. The zero-order valence-corrected chi connectivity index (χ0v) is 14.4. The number of hydrogen-bond donors (Lipinski definition) is 2. The summed E-state index contributed by atoms with van der Waals surface area (Å²) in [7, 11) is 0. The van der Waals surface area contributed by atoms with Gasteiger partial charge < -0.3 is 14.7 Å². The number of carbonyl (C=O) groups excluding carboxylic acids is 1. The predicted molar refractivity (Wildman–Crippen MR) is 92.8 cm³/mol. The Balaban J connectivity index is 2.27. The Morgan fingerprint density at radius 1 is 1.26 bits per heavy atom. The van der Waals surface area contributed by atoms with E-state index in [1.807, 2.05) is 11.8 Å². The number of nitrogens with zero attached hydrogens (tertiary/aromatic N) is 1. The molecule has 1 amide bonds. The molecule has 2 N–H and O–H groups in total. The Bertz CT molecular complexity index is 592. The first kappa shape index (κ1) is 17.5. The summed E-state index contributed by atoms with van der Waals surface area (Å²) >= 11 is 1.88. The second-order valence-corrected chi connectivity index (χ2v) is 7.49. The maximum Gasteiger partial charge on any atom is 0.412 e. The van der Waals surface area contributed by atoms with E-state index in [0.29, 0.717) is 5.69 Å². The first-order valence-corrected chi connectivity index (χ1v) is 8.62. The zero-order valence-electron chi connectivity index (χ0n) is 13.6. The van der Waals surface area contributed by atoms with Gasteiger partial charge in [0, 0.05) is 24.6 Å². The molecule has 0 saturated carbocycles. The SMILES string of the molecule is CC(C)(C)OC(=O)Nc1cc(C(=O)O)ccc1N1CCSCC1. The fourth-order valence-electron chi connectivity index (χ4n) is 2.26. The molecule has 1 aliphatic heterocycles. The first-order valence-electron chi connectivity index (χ1n) is 7.46. The molecule has 1 fully saturated rings. The van der Waals surface area contributed by atoms with Crippen molar-refractivity contribution in [3.05, 3.63) is 23.8 Å². The molecule has 23 heavy (non-hydrogen) atoms. The molecule has 0 spiro atoms. The van der Waals surface area contributed by atoms with Gasteiger partial charge in [-0.05, 0) is 39.0 Å². The molecule has 6 nitrogen and oxygen atoms in total. The van der Waals surface area contributed by atoms with Crippen LogP contribution in [-0.2, 0) is 4.74 Å². The van der Waals surface area contributed by atoms with E-state index < -0.39 is 17.7 Å². The van der Waals surface area contributed by atoms with Gasteiger partial charge in [0.15, 0.2) is 0 Å². The van der Waals surface area contributed by atoms with Crippen LogP contribution < -0.4 is 10.2 Å². The van der Waals surface area contributed by atoms with E-state index in [9.17, 15) is 14.7 Å². The van der Waals surface area contributed by atoms with Gasteiger partial charge in [0.05, 0.1) is 16.9 Å². The largest absolute Gasteiger partial charge is 0.478 e. The molecule has 0 bridgehead atoms. The van der Waals surface area contributed by atoms with Gasteiger partial charge in [-0.15, -0.1) is 0 Å². The smallest absolute Gasteiger partial charge is 0.412 e. The van der Waals surface area contributed by atoms with Crippen molar-refractivity contribution in [3.63, 3.8) is 0 Å².